The number of benzene rings is 1. The van der Waals surface area contributed by atoms with Gasteiger partial charge in [0.05, 0.1) is 18.8 Å². The average molecular weight is 343 g/mol. The Bertz CT molecular complexity index is 475. The molecular formula is C14H19BrN2O3. The van der Waals surface area contributed by atoms with Crippen LogP contribution in [0.2, 0.25) is 0 Å². The van der Waals surface area contributed by atoms with E-state index in [2.05, 4.69) is 33.1 Å². The first kappa shape index (κ1) is 15.3. The van der Waals surface area contributed by atoms with E-state index in [9.17, 15) is 9.90 Å². The van der Waals surface area contributed by atoms with Crippen LogP contribution < -0.4 is 5.32 Å². The molecule has 0 bridgehead atoms. The van der Waals surface area contributed by atoms with Gasteiger partial charge in [-0.15, -0.1) is 0 Å². The summed E-state index contributed by atoms with van der Waals surface area (Å²) >= 11 is 3.30. The van der Waals surface area contributed by atoms with E-state index in [-0.39, 0.29) is 11.6 Å². The van der Waals surface area contributed by atoms with E-state index in [1.54, 1.807) is 12.1 Å². The molecule has 2 rings (SSSR count). The third kappa shape index (κ3) is 4.19. The molecule has 1 aliphatic rings. The van der Waals surface area contributed by atoms with Crippen molar-refractivity contribution >= 4 is 27.6 Å². The van der Waals surface area contributed by atoms with E-state index in [0.29, 0.717) is 5.69 Å². The molecule has 1 fully saturated rings. The summed E-state index contributed by atoms with van der Waals surface area (Å²) in [5.74, 6) is -0.924. The lowest BCUT2D eigenvalue weighted by atomic mass is 10.1. The molecule has 0 aromatic heterocycles. The average Bonchev–Trinajstić information content (AvgIpc) is 2.41. The van der Waals surface area contributed by atoms with E-state index >= 15 is 0 Å². The lowest BCUT2D eigenvalue weighted by Crippen LogP contribution is -2.42. The first-order chi connectivity index (χ1) is 9.56. The molecule has 1 aromatic rings. The summed E-state index contributed by atoms with van der Waals surface area (Å²) in [6, 6.07) is 5.43. The van der Waals surface area contributed by atoms with Crippen LogP contribution in [0.15, 0.2) is 22.7 Å². The maximum atomic E-state index is 11.3. The second-order valence-corrected chi connectivity index (χ2v) is 5.87. The summed E-state index contributed by atoms with van der Waals surface area (Å²) in [4.78, 5) is 13.6. The number of morpholine rings is 1. The zero-order valence-electron chi connectivity index (χ0n) is 11.4. The van der Waals surface area contributed by atoms with Crippen molar-refractivity contribution in [2.75, 3.05) is 38.2 Å². The fraction of sp³-hybridized carbons (Fsp3) is 0.500. The highest BCUT2D eigenvalue weighted by molar-refractivity contribution is 9.10. The fourth-order valence-corrected chi connectivity index (χ4v) is 2.66. The minimum absolute atomic E-state index is 0.173. The van der Waals surface area contributed by atoms with Gasteiger partial charge in [-0.25, -0.2) is 4.79 Å². The monoisotopic (exact) mass is 342 g/mol. The number of carboxylic acid groups (broad SMARTS) is 1. The Balaban J connectivity index is 1.99. The number of hydrogen-bond acceptors (Lipinski definition) is 4. The van der Waals surface area contributed by atoms with Crippen LogP contribution in [0.1, 0.15) is 17.3 Å². The molecule has 0 spiro atoms. The van der Waals surface area contributed by atoms with Gasteiger partial charge in [-0.3, -0.25) is 4.90 Å². The largest absolute Gasteiger partial charge is 0.478 e. The van der Waals surface area contributed by atoms with Gasteiger partial charge >= 0.3 is 5.97 Å². The molecule has 1 aliphatic heterocycles. The number of rotatable bonds is 5. The highest BCUT2D eigenvalue weighted by Gasteiger charge is 2.16. The van der Waals surface area contributed by atoms with Crippen molar-refractivity contribution in [3.05, 3.63) is 28.2 Å². The molecule has 1 saturated heterocycles. The van der Waals surface area contributed by atoms with Crippen molar-refractivity contribution < 1.29 is 14.6 Å². The summed E-state index contributed by atoms with van der Waals surface area (Å²) in [5, 5.41) is 12.5. The molecule has 0 saturated carbocycles. The van der Waals surface area contributed by atoms with Crippen LogP contribution in [0.5, 0.6) is 0 Å². The van der Waals surface area contributed by atoms with E-state index in [4.69, 9.17) is 4.74 Å². The van der Waals surface area contributed by atoms with Gasteiger partial charge in [0.15, 0.2) is 0 Å². The van der Waals surface area contributed by atoms with E-state index in [1.807, 2.05) is 6.07 Å². The smallest absolute Gasteiger partial charge is 0.337 e. The van der Waals surface area contributed by atoms with E-state index in [1.165, 1.54) is 0 Å². The predicted octanol–water partition coefficient (Wildman–Crippen LogP) is 2.28. The first-order valence-electron chi connectivity index (χ1n) is 6.66. The number of anilines is 1. The van der Waals surface area contributed by atoms with Crippen LogP contribution in [0.3, 0.4) is 0 Å². The van der Waals surface area contributed by atoms with E-state index in [0.717, 1.165) is 37.3 Å². The molecule has 1 unspecified atom stereocenters. The van der Waals surface area contributed by atoms with Gasteiger partial charge in [0.25, 0.3) is 0 Å². The number of aromatic carboxylic acids is 1. The maximum Gasteiger partial charge on any atom is 0.337 e. The SMILES string of the molecule is CC(CN1CCOCC1)Nc1ccc(Br)cc1C(=O)O. The van der Waals surface area contributed by atoms with Crippen molar-refractivity contribution in [1.29, 1.82) is 0 Å². The number of ether oxygens (including phenoxy) is 1. The molecule has 110 valence electrons. The Morgan fingerprint density at radius 2 is 2.20 bits per heavy atom. The summed E-state index contributed by atoms with van der Waals surface area (Å²) in [6.07, 6.45) is 0. The van der Waals surface area contributed by atoms with Crippen LogP contribution in [0.4, 0.5) is 5.69 Å². The molecule has 0 amide bonds. The van der Waals surface area contributed by atoms with Crippen molar-refractivity contribution in [2.45, 2.75) is 13.0 Å². The van der Waals surface area contributed by atoms with Gasteiger partial charge in [-0.05, 0) is 25.1 Å². The number of nitrogens with zero attached hydrogens (tertiary/aromatic N) is 1. The normalized spacial score (nSPS) is 17.7. The third-order valence-electron chi connectivity index (χ3n) is 3.25. The number of nitrogens with one attached hydrogen (secondary N) is 1. The lowest BCUT2D eigenvalue weighted by molar-refractivity contribution is 0.0368. The Hall–Kier alpha value is -1.11. The molecular weight excluding hydrogens is 324 g/mol. The predicted molar refractivity (Wildman–Crippen MR) is 81.4 cm³/mol. The van der Waals surface area contributed by atoms with Crippen LogP contribution in [-0.4, -0.2) is 54.9 Å². The van der Waals surface area contributed by atoms with Gasteiger partial charge in [-0.2, -0.15) is 0 Å². The minimum Gasteiger partial charge on any atom is -0.478 e. The number of hydrogen-bond donors (Lipinski definition) is 2. The first-order valence-corrected chi connectivity index (χ1v) is 7.45. The maximum absolute atomic E-state index is 11.3. The fourth-order valence-electron chi connectivity index (χ4n) is 2.30. The summed E-state index contributed by atoms with van der Waals surface area (Å²) in [5.41, 5.74) is 0.940. The van der Waals surface area contributed by atoms with Gasteiger partial charge in [0, 0.05) is 35.8 Å². The van der Waals surface area contributed by atoms with E-state index < -0.39 is 5.97 Å². The highest BCUT2D eigenvalue weighted by Crippen LogP contribution is 2.22. The minimum atomic E-state index is -0.924. The summed E-state index contributed by atoms with van der Waals surface area (Å²) in [7, 11) is 0. The molecule has 0 aliphatic carbocycles. The summed E-state index contributed by atoms with van der Waals surface area (Å²) in [6.45, 7) is 6.33. The molecule has 6 heteroatoms. The highest BCUT2D eigenvalue weighted by atomic mass is 79.9. The quantitative estimate of drug-likeness (QED) is 0.859. The van der Waals surface area contributed by atoms with Crippen molar-refractivity contribution in [3.63, 3.8) is 0 Å². The van der Waals surface area contributed by atoms with Crippen LogP contribution in [0.25, 0.3) is 0 Å². The molecule has 20 heavy (non-hydrogen) atoms. The van der Waals surface area contributed by atoms with Crippen molar-refractivity contribution in [2.24, 2.45) is 0 Å². The Labute approximate surface area is 127 Å². The lowest BCUT2D eigenvalue weighted by Gasteiger charge is -2.30. The zero-order valence-corrected chi connectivity index (χ0v) is 13.0. The molecule has 2 N–H and O–H groups in total. The van der Waals surface area contributed by atoms with Gasteiger partial charge in [-0.1, -0.05) is 15.9 Å². The standard InChI is InChI=1S/C14H19BrN2O3/c1-10(9-17-4-6-20-7-5-17)16-13-3-2-11(15)8-12(13)14(18)19/h2-3,8,10,16H,4-7,9H2,1H3,(H,18,19). The molecule has 1 aromatic carbocycles. The third-order valence-corrected chi connectivity index (χ3v) is 3.74. The van der Waals surface area contributed by atoms with Gasteiger partial charge in [0.2, 0.25) is 0 Å². The number of carbonyl (C=O) groups is 1. The molecule has 5 nitrogen and oxygen atoms in total. The second-order valence-electron chi connectivity index (χ2n) is 4.95. The van der Waals surface area contributed by atoms with Gasteiger partial charge < -0.3 is 15.2 Å². The van der Waals surface area contributed by atoms with Crippen LogP contribution in [-0.2, 0) is 4.74 Å². The number of carboxylic acids is 1. The van der Waals surface area contributed by atoms with Crippen LogP contribution >= 0.6 is 15.9 Å². The second kappa shape index (κ2) is 7.06. The Morgan fingerprint density at radius 3 is 2.85 bits per heavy atom. The van der Waals surface area contributed by atoms with Crippen molar-refractivity contribution in [3.8, 4) is 0 Å². The number of halogens is 1. The summed E-state index contributed by atoms with van der Waals surface area (Å²) < 4.78 is 6.08. The van der Waals surface area contributed by atoms with Gasteiger partial charge in [0.1, 0.15) is 0 Å². The molecule has 0 radical (unpaired) electrons. The molecule has 1 atom stereocenters. The Kier molecular flexibility index (Phi) is 5.39. The topological polar surface area (TPSA) is 61.8 Å². The molecule has 1 heterocycles. The van der Waals surface area contributed by atoms with Crippen molar-refractivity contribution in [1.82, 2.24) is 4.90 Å². The Morgan fingerprint density at radius 1 is 1.50 bits per heavy atom. The zero-order chi connectivity index (χ0) is 14.5. The van der Waals surface area contributed by atoms with Crippen LogP contribution in [0, 0.1) is 0 Å².